The van der Waals surface area contributed by atoms with Gasteiger partial charge in [-0.1, -0.05) is 52.0 Å². The molecular formula is C13H11BrOS. The summed E-state index contributed by atoms with van der Waals surface area (Å²) in [5.41, 5.74) is 0.914. The molecule has 3 heteroatoms. The standard InChI is InChI=1S/C13H11BrOS/c14-13-8-12(7-6-10(13)9-15)16-11-4-2-1-3-5-11/h1-8,15H,9H2. The lowest BCUT2D eigenvalue weighted by Crippen LogP contribution is -1.85. The second-order valence-corrected chi connectivity index (χ2v) is 5.33. The molecule has 0 saturated carbocycles. The monoisotopic (exact) mass is 294 g/mol. The summed E-state index contributed by atoms with van der Waals surface area (Å²) >= 11 is 5.16. The van der Waals surface area contributed by atoms with Crippen LogP contribution in [0.15, 0.2) is 62.8 Å². The Morgan fingerprint density at radius 3 is 2.38 bits per heavy atom. The van der Waals surface area contributed by atoms with Crippen LogP contribution in [0.3, 0.4) is 0 Å². The number of aliphatic hydroxyl groups excluding tert-OH is 1. The van der Waals surface area contributed by atoms with Crippen molar-refractivity contribution in [1.29, 1.82) is 0 Å². The van der Waals surface area contributed by atoms with E-state index in [-0.39, 0.29) is 6.61 Å². The molecule has 0 aliphatic heterocycles. The van der Waals surface area contributed by atoms with Gasteiger partial charge in [0.25, 0.3) is 0 Å². The Kier molecular flexibility index (Phi) is 4.04. The van der Waals surface area contributed by atoms with Crippen LogP contribution in [0, 0.1) is 0 Å². The largest absolute Gasteiger partial charge is 0.392 e. The molecule has 0 unspecified atom stereocenters. The van der Waals surface area contributed by atoms with Crippen molar-refractivity contribution >= 4 is 27.7 Å². The molecule has 1 nitrogen and oxygen atoms in total. The second-order valence-electron chi connectivity index (χ2n) is 3.33. The summed E-state index contributed by atoms with van der Waals surface area (Å²) in [6, 6.07) is 16.2. The summed E-state index contributed by atoms with van der Waals surface area (Å²) in [6.07, 6.45) is 0. The van der Waals surface area contributed by atoms with E-state index in [4.69, 9.17) is 5.11 Å². The number of hydrogen-bond acceptors (Lipinski definition) is 2. The summed E-state index contributed by atoms with van der Waals surface area (Å²) in [6.45, 7) is 0.0663. The summed E-state index contributed by atoms with van der Waals surface area (Å²) in [5.74, 6) is 0. The van der Waals surface area contributed by atoms with Gasteiger partial charge < -0.3 is 5.11 Å². The fourth-order valence-electron chi connectivity index (χ4n) is 1.34. The van der Waals surface area contributed by atoms with Crippen molar-refractivity contribution < 1.29 is 5.11 Å². The van der Waals surface area contributed by atoms with E-state index in [9.17, 15) is 0 Å². The topological polar surface area (TPSA) is 20.2 Å². The third-order valence-electron chi connectivity index (χ3n) is 2.17. The Balaban J connectivity index is 2.20. The van der Waals surface area contributed by atoms with Gasteiger partial charge in [0.2, 0.25) is 0 Å². The van der Waals surface area contributed by atoms with E-state index in [0.717, 1.165) is 14.9 Å². The lowest BCUT2D eigenvalue weighted by Gasteiger charge is -2.05. The third kappa shape index (κ3) is 2.88. The van der Waals surface area contributed by atoms with Crippen LogP contribution in [0.25, 0.3) is 0 Å². The van der Waals surface area contributed by atoms with Crippen molar-refractivity contribution in [3.8, 4) is 0 Å². The second kappa shape index (κ2) is 5.53. The zero-order chi connectivity index (χ0) is 11.4. The maximum absolute atomic E-state index is 9.06. The zero-order valence-corrected chi connectivity index (χ0v) is 11.0. The van der Waals surface area contributed by atoms with E-state index >= 15 is 0 Å². The first kappa shape index (κ1) is 11.7. The van der Waals surface area contributed by atoms with Crippen LogP contribution in [0.2, 0.25) is 0 Å². The van der Waals surface area contributed by atoms with Crippen LogP contribution < -0.4 is 0 Å². The Morgan fingerprint density at radius 1 is 1.00 bits per heavy atom. The quantitative estimate of drug-likeness (QED) is 0.920. The van der Waals surface area contributed by atoms with E-state index in [1.54, 1.807) is 11.8 Å². The average Bonchev–Trinajstić information content (AvgIpc) is 2.31. The maximum Gasteiger partial charge on any atom is 0.0692 e. The minimum absolute atomic E-state index is 0.0663. The molecule has 0 radical (unpaired) electrons. The Hall–Kier alpha value is -0.770. The molecule has 0 amide bonds. The lowest BCUT2D eigenvalue weighted by atomic mass is 10.2. The minimum Gasteiger partial charge on any atom is -0.392 e. The van der Waals surface area contributed by atoms with Crippen LogP contribution in [0.1, 0.15) is 5.56 Å². The van der Waals surface area contributed by atoms with Gasteiger partial charge in [0.1, 0.15) is 0 Å². The number of hydrogen-bond donors (Lipinski definition) is 1. The van der Waals surface area contributed by atoms with Crippen molar-refractivity contribution in [1.82, 2.24) is 0 Å². The van der Waals surface area contributed by atoms with Crippen LogP contribution in [0.5, 0.6) is 0 Å². The summed E-state index contributed by atoms with van der Waals surface area (Å²) in [5, 5.41) is 9.06. The van der Waals surface area contributed by atoms with Gasteiger partial charge in [-0.3, -0.25) is 0 Å². The van der Waals surface area contributed by atoms with Gasteiger partial charge in [-0.2, -0.15) is 0 Å². The van der Waals surface area contributed by atoms with Gasteiger partial charge in [0.15, 0.2) is 0 Å². The van der Waals surface area contributed by atoms with E-state index in [1.807, 2.05) is 36.4 Å². The molecule has 0 aromatic heterocycles. The molecule has 0 aliphatic carbocycles. The van der Waals surface area contributed by atoms with Gasteiger partial charge in [-0.25, -0.2) is 0 Å². The number of rotatable bonds is 3. The Bertz CT molecular complexity index is 471. The fourth-order valence-corrected chi connectivity index (χ4v) is 2.88. The van der Waals surface area contributed by atoms with Crippen LogP contribution in [-0.4, -0.2) is 5.11 Å². The van der Waals surface area contributed by atoms with E-state index in [1.165, 1.54) is 4.90 Å². The molecule has 2 rings (SSSR count). The van der Waals surface area contributed by atoms with Crippen LogP contribution in [-0.2, 0) is 6.61 Å². The Labute approximate surface area is 108 Å². The molecule has 0 spiro atoms. The predicted molar refractivity (Wildman–Crippen MR) is 70.6 cm³/mol. The molecule has 16 heavy (non-hydrogen) atoms. The number of benzene rings is 2. The van der Waals surface area contributed by atoms with E-state index < -0.39 is 0 Å². The molecular weight excluding hydrogens is 284 g/mol. The van der Waals surface area contributed by atoms with Gasteiger partial charge in [0, 0.05) is 14.3 Å². The van der Waals surface area contributed by atoms with E-state index in [0.29, 0.717) is 0 Å². The highest BCUT2D eigenvalue weighted by molar-refractivity contribution is 9.10. The molecule has 82 valence electrons. The van der Waals surface area contributed by atoms with Gasteiger partial charge in [-0.15, -0.1) is 0 Å². The molecule has 1 N–H and O–H groups in total. The molecule has 2 aromatic rings. The molecule has 0 bridgehead atoms. The highest BCUT2D eigenvalue weighted by atomic mass is 79.9. The third-order valence-corrected chi connectivity index (χ3v) is 3.91. The van der Waals surface area contributed by atoms with Crippen LogP contribution in [0.4, 0.5) is 0 Å². The molecule has 0 heterocycles. The summed E-state index contributed by atoms with van der Waals surface area (Å²) in [4.78, 5) is 2.38. The van der Waals surface area contributed by atoms with Crippen molar-refractivity contribution in [2.45, 2.75) is 16.4 Å². The highest BCUT2D eigenvalue weighted by Crippen LogP contribution is 2.30. The SMILES string of the molecule is OCc1ccc(Sc2ccccc2)cc1Br. The highest BCUT2D eigenvalue weighted by Gasteiger charge is 2.01. The fraction of sp³-hybridized carbons (Fsp3) is 0.0769. The van der Waals surface area contributed by atoms with Gasteiger partial charge >= 0.3 is 0 Å². The molecule has 0 aliphatic rings. The summed E-state index contributed by atoms with van der Waals surface area (Å²) in [7, 11) is 0. The molecule has 0 saturated heterocycles. The van der Waals surface area contributed by atoms with Crippen LogP contribution >= 0.6 is 27.7 Å². The first-order valence-electron chi connectivity index (χ1n) is 4.92. The molecule has 2 aromatic carbocycles. The summed E-state index contributed by atoms with van der Waals surface area (Å²) < 4.78 is 0.955. The predicted octanol–water partition coefficient (Wildman–Crippen LogP) is 4.09. The molecule has 0 fully saturated rings. The smallest absolute Gasteiger partial charge is 0.0692 e. The first-order valence-corrected chi connectivity index (χ1v) is 6.53. The maximum atomic E-state index is 9.06. The van der Waals surface area contributed by atoms with Gasteiger partial charge in [0.05, 0.1) is 6.61 Å². The van der Waals surface area contributed by atoms with Crippen molar-refractivity contribution in [2.75, 3.05) is 0 Å². The molecule has 0 atom stereocenters. The van der Waals surface area contributed by atoms with Crippen molar-refractivity contribution in [3.63, 3.8) is 0 Å². The van der Waals surface area contributed by atoms with Crippen molar-refractivity contribution in [2.24, 2.45) is 0 Å². The Morgan fingerprint density at radius 2 is 1.75 bits per heavy atom. The van der Waals surface area contributed by atoms with E-state index in [2.05, 4.69) is 28.1 Å². The van der Waals surface area contributed by atoms with Crippen molar-refractivity contribution in [3.05, 3.63) is 58.6 Å². The minimum atomic E-state index is 0.0663. The zero-order valence-electron chi connectivity index (χ0n) is 8.56. The van der Waals surface area contributed by atoms with Gasteiger partial charge in [-0.05, 0) is 29.8 Å². The first-order chi connectivity index (χ1) is 7.79. The average molecular weight is 295 g/mol. The number of halogens is 1. The number of aliphatic hydroxyl groups is 1. The normalized spacial score (nSPS) is 10.4. The lowest BCUT2D eigenvalue weighted by molar-refractivity contribution is 0.281.